The molecule has 2 aromatic rings. The number of halogens is 1. The first-order chi connectivity index (χ1) is 11.2. The fraction of sp³-hybridized carbons (Fsp3) is 0.278. The topological polar surface area (TPSA) is 58.4 Å². The van der Waals surface area contributed by atoms with E-state index in [1.54, 1.807) is 12.1 Å². The molecule has 2 rings (SSSR count). The zero-order valence-electron chi connectivity index (χ0n) is 13.0. The van der Waals surface area contributed by atoms with Crippen LogP contribution in [0.4, 0.5) is 5.69 Å². The Bertz CT molecular complexity index is 619. The third-order valence-electron chi connectivity index (χ3n) is 3.48. The van der Waals surface area contributed by atoms with Crippen LogP contribution in [-0.2, 0) is 11.2 Å². The average molecular weight is 332 g/mol. The molecule has 0 saturated heterocycles. The molecule has 0 aliphatic heterocycles. The van der Waals surface area contributed by atoms with Crippen LogP contribution < -0.4 is 11.1 Å². The maximum atomic E-state index is 12.2. The fourth-order valence-electron chi connectivity index (χ4n) is 2.35. The number of rotatable bonds is 8. The molecule has 5 heteroatoms. The van der Waals surface area contributed by atoms with E-state index >= 15 is 0 Å². The molecule has 0 saturated carbocycles. The summed E-state index contributed by atoms with van der Waals surface area (Å²) >= 11 is 5.92. The Morgan fingerprint density at radius 3 is 2.57 bits per heavy atom. The van der Waals surface area contributed by atoms with Crippen molar-refractivity contribution in [1.29, 1.82) is 0 Å². The molecule has 0 radical (unpaired) electrons. The van der Waals surface area contributed by atoms with E-state index in [0.717, 1.165) is 13.0 Å². The van der Waals surface area contributed by atoms with E-state index in [4.69, 9.17) is 17.3 Å². The smallest absolute Gasteiger partial charge is 0.238 e. The lowest BCUT2D eigenvalue weighted by molar-refractivity contribution is -0.117. The second kappa shape index (κ2) is 9.30. The molecule has 0 bridgehead atoms. The van der Waals surface area contributed by atoms with Crippen molar-refractivity contribution in [1.82, 2.24) is 4.90 Å². The van der Waals surface area contributed by atoms with Crippen molar-refractivity contribution in [2.75, 3.05) is 31.5 Å². The van der Waals surface area contributed by atoms with Crippen LogP contribution in [0, 0.1) is 0 Å². The molecule has 0 unspecified atom stereocenters. The number of hydrogen-bond donors (Lipinski definition) is 2. The van der Waals surface area contributed by atoms with Gasteiger partial charge in [-0.1, -0.05) is 48.0 Å². The third-order valence-corrected chi connectivity index (χ3v) is 3.72. The second-order valence-electron chi connectivity index (χ2n) is 5.36. The van der Waals surface area contributed by atoms with E-state index in [-0.39, 0.29) is 5.91 Å². The molecule has 0 aromatic heterocycles. The molecule has 122 valence electrons. The van der Waals surface area contributed by atoms with Gasteiger partial charge in [-0.2, -0.15) is 0 Å². The van der Waals surface area contributed by atoms with Gasteiger partial charge in [-0.15, -0.1) is 0 Å². The summed E-state index contributed by atoms with van der Waals surface area (Å²) in [6.07, 6.45) is 0.894. The summed E-state index contributed by atoms with van der Waals surface area (Å²) in [4.78, 5) is 14.2. The monoisotopic (exact) mass is 331 g/mol. The van der Waals surface area contributed by atoms with Gasteiger partial charge in [-0.25, -0.2) is 0 Å². The highest BCUT2D eigenvalue weighted by molar-refractivity contribution is 6.30. The van der Waals surface area contributed by atoms with Gasteiger partial charge < -0.3 is 11.1 Å². The molecule has 0 spiro atoms. The Morgan fingerprint density at radius 1 is 1.09 bits per heavy atom. The molecule has 1 amide bonds. The highest BCUT2D eigenvalue weighted by atomic mass is 35.5. The molecular formula is C18H22ClN3O. The van der Waals surface area contributed by atoms with Crippen LogP contribution in [0.1, 0.15) is 5.56 Å². The van der Waals surface area contributed by atoms with E-state index in [1.807, 2.05) is 30.3 Å². The lowest BCUT2D eigenvalue weighted by Crippen LogP contribution is -2.37. The van der Waals surface area contributed by atoms with Crippen molar-refractivity contribution in [2.45, 2.75) is 6.42 Å². The number of nitrogens with one attached hydrogen (secondary N) is 1. The summed E-state index contributed by atoms with van der Waals surface area (Å²) < 4.78 is 0. The van der Waals surface area contributed by atoms with Gasteiger partial charge in [0.15, 0.2) is 0 Å². The third kappa shape index (κ3) is 6.40. The minimum absolute atomic E-state index is 0.0613. The molecule has 23 heavy (non-hydrogen) atoms. The van der Waals surface area contributed by atoms with Gasteiger partial charge in [-0.05, 0) is 30.2 Å². The van der Waals surface area contributed by atoms with Crippen molar-refractivity contribution >= 4 is 23.2 Å². The van der Waals surface area contributed by atoms with Gasteiger partial charge in [0.1, 0.15) is 0 Å². The summed E-state index contributed by atoms with van der Waals surface area (Å²) in [5.74, 6) is -0.0613. The van der Waals surface area contributed by atoms with E-state index in [9.17, 15) is 4.79 Å². The van der Waals surface area contributed by atoms with Crippen LogP contribution in [-0.4, -0.2) is 37.0 Å². The number of hydrogen-bond acceptors (Lipinski definition) is 3. The van der Waals surface area contributed by atoms with Crippen molar-refractivity contribution in [2.24, 2.45) is 5.73 Å². The Kier molecular flexibility index (Phi) is 7.07. The number of anilines is 1. The number of carbonyl (C=O) groups excluding carboxylic acids is 1. The number of benzene rings is 2. The first-order valence-electron chi connectivity index (χ1n) is 7.69. The van der Waals surface area contributed by atoms with Gasteiger partial charge in [0.05, 0.1) is 6.54 Å². The SMILES string of the molecule is NCCN(CCc1ccccc1)CC(=O)Nc1cccc(Cl)c1. The molecular weight excluding hydrogens is 310 g/mol. The van der Waals surface area contributed by atoms with E-state index < -0.39 is 0 Å². The summed E-state index contributed by atoms with van der Waals surface area (Å²) in [7, 11) is 0. The highest BCUT2D eigenvalue weighted by Gasteiger charge is 2.10. The average Bonchev–Trinajstić information content (AvgIpc) is 2.54. The van der Waals surface area contributed by atoms with E-state index in [0.29, 0.717) is 30.3 Å². The lowest BCUT2D eigenvalue weighted by Gasteiger charge is -2.21. The van der Waals surface area contributed by atoms with Gasteiger partial charge >= 0.3 is 0 Å². The second-order valence-corrected chi connectivity index (χ2v) is 5.80. The van der Waals surface area contributed by atoms with Gasteiger partial charge in [0.25, 0.3) is 0 Å². The van der Waals surface area contributed by atoms with Gasteiger partial charge in [-0.3, -0.25) is 9.69 Å². The molecule has 3 N–H and O–H groups in total. The van der Waals surface area contributed by atoms with Crippen molar-refractivity contribution in [3.05, 3.63) is 65.2 Å². The molecule has 0 aliphatic rings. The molecule has 0 heterocycles. The standard InChI is InChI=1S/C18H22ClN3O/c19-16-7-4-8-17(13-16)21-18(23)14-22(12-10-20)11-9-15-5-2-1-3-6-15/h1-8,13H,9-12,14,20H2,(H,21,23). The summed E-state index contributed by atoms with van der Waals surface area (Å²) in [6.45, 7) is 2.33. The number of nitrogens with two attached hydrogens (primary N) is 1. The first kappa shape index (κ1) is 17.5. The predicted octanol–water partition coefficient (Wildman–Crippen LogP) is 2.78. The maximum absolute atomic E-state index is 12.2. The number of nitrogens with zero attached hydrogens (tertiary/aromatic N) is 1. The Hall–Kier alpha value is -1.88. The summed E-state index contributed by atoms with van der Waals surface area (Å²) in [6, 6.07) is 17.4. The summed E-state index contributed by atoms with van der Waals surface area (Å²) in [5.41, 5.74) is 7.62. The Labute approximate surface area is 142 Å². The Balaban J connectivity index is 1.86. The van der Waals surface area contributed by atoms with Crippen LogP contribution in [0.3, 0.4) is 0 Å². The van der Waals surface area contributed by atoms with E-state index in [1.165, 1.54) is 5.56 Å². The number of carbonyl (C=O) groups is 1. The molecule has 0 aliphatic carbocycles. The minimum Gasteiger partial charge on any atom is -0.329 e. The molecule has 0 atom stereocenters. The zero-order valence-corrected chi connectivity index (χ0v) is 13.8. The van der Waals surface area contributed by atoms with Crippen LogP contribution in [0.5, 0.6) is 0 Å². The van der Waals surface area contributed by atoms with Crippen LogP contribution in [0.2, 0.25) is 5.02 Å². The normalized spacial score (nSPS) is 10.7. The minimum atomic E-state index is -0.0613. The largest absolute Gasteiger partial charge is 0.329 e. The number of amides is 1. The van der Waals surface area contributed by atoms with Gasteiger partial charge in [0, 0.05) is 30.3 Å². The zero-order chi connectivity index (χ0) is 16.5. The van der Waals surface area contributed by atoms with Gasteiger partial charge in [0.2, 0.25) is 5.91 Å². The van der Waals surface area contributed by atoms with Crippen molar-refractivity contribution in [3.8, 4) is 0 Å². The van der Waals surface area contributed by atoms with Crippen LogP contribution >= 0.6 is 11.6 Å². The Morgan fingerprint density at radius 2 is 1.87 bits per heavy atom. The molecule has 0 fully saturated rings. The predicted molar refractivity (Wildman–Crippen MR) is 95.7 cm³/mol. The van der Waals surface area contributed by atoms with Crippen LogP contribution in [0.25, 0.3) is 0 Å². The quantitative estimate of drug-likeness (QED) is 0.782. The van der Waals surface area contributed by atoms with Crippen molar-refractivity contribution < 1.29 is 4.79 Å². The van der Waals surface area contributed by atoms with Crippen LogP contribution in [0.15, 0.2) is 54.6 Å². The van der Waals surface area contributed by atoms with E-state index in [2.05, 4.69) is 22.3 Å². The lowest BCUT2D eigenvalue weighted by atomic mass is 10.1. The molecule has 4 nitrogen and oxygen atoms in total. The molecule has 2 aromatic carbocycles. The van der Waals surface area contributed by atoms with Crippen molar-refractivity contribution in [3.63, 3.8) is 0 Å². The fourth-order valence-corrected chi connectivity index (χ4v) is 2.54. The first-order valence-corrected chi connectivity index (χ1v) is 8.07. The highest BCUT2D eigenvalue weighted by Crippen LogP contribution is 2.14. The maximum Gasteiger partial charge on any atom is 0.238 e. The summed E-state index contributed by atoms with van der Waals surface area (Å²) in [5, 5.41) is 3.47.